The third kappa shape index (κ3) is 2.38. The Hall–Kier alpha value is -1.02. The first-order chi connectivity index (χ1) is 9.07. The van der Waals surface area contributed by atoms with Gasteiger partial charge in [-0.1, -0.05) is 37.5 Å². The number of nitrogens with two attached hydrogens (primary N) is 1. The molecule has 1 aromatic rings. The smallest absolute Gasteiger partial charge is 0.0405 e. The van der Waals surface area contributed by atoms with Gasteiger partial charge in [0.1, 0.15) is 0 Å². The molecule has 0 radical (unpaired) electrons. The fourth-order valence-corrected chi connectivity index (χ4v) is 3.81. The van der Waals surface area contributed by atoms with Crippen molar-refractivity contribution in [3.8, 4) is 0 Å². The first-order valence-corrected chi connectivity index (χ1v) is 7.72. The summed E-state index contributed by atoms with van der Waals surface area (Å²) in [6.45, 7) is 5.44. The molecule has 2 nitrogen and oxygen atoms in total. The van der Waals surface area contributed by atoms with Gasteiger partial charge in [-0.15, -0.1) is 0 Å². The van der Waals surface area contributed by atoms with Crippen LogP contribution in [0.5, 0.6) is 0 Å². The lowest BCUT2D eigenvalue weighted by molar-refractivity contribution is 0.383. The van der Waals surface area contributed by atoms with E-state index in [2.05, 4.69) is 43.0 Å². The normalized spacial score (nSPS) is 24.6. The van der Waals surface area contributed by atoms with Crippen LogP contribution in [0.3, 0.4) is 0 Å². The molecule has 2 heteroatoms. The summed E-state index contributed by atoms with van der Waals surface area (Å²) < 4.78 is 0. The van der Waals surface area contributed by atoms with Crippen molar-refractivity contribution in [3.63, 3.8) is 0 Å². The fourth-order valence-electron chi connectivity index (χ4n) is 3.81. The van der Waals surface area contributed by atoms with Gasteiger partial charge in [-0.3, -0.25) is 0 Å². The second-order valence-corrected chi connectivity index (χ2v) is 6.88. The molecule has 104 valence electrons. The van der Waals surface area contributed by atoms with Crippen LogP contribution in [0.2, 0.25) is 0 Å². The third-order valence-corrected chi connectivity index (χ3v) is 4.91. The van der Waals surface area contributed by atoms with Crippen LogP contribution in [0, 0.1) is 0 Å². The van der Waals surface area contributed by atoms with Crippen LogP contribution < -0.4 is 10.6 Å². The quantitative estimate of drug-likeness (QED) is 0.877. The van der Waals surface area contributed by atoms with Crippen molar-refractivity contribution in [2.45, 2.75) is 63.5 Å². The summed E-state index contributed by atoms with van der Waals surface area (Å²) in [6.07, 6.45) is 6.90. The summed E-state index contributed by atoms with van der Waals surface area (Å²) in [7, 11) is 0. The van der Waals surface area contributed by atoms with Crippen LogP contribution >= 0.6 is 0 Å². The maximum Gasteiger partial charge on any atom is 0.0405 e. The van der Waals surface area contributed by atoms with Gasteiger partial charge in [0, 0.05) is 29.7 Å². The molecule has 3 rings (SSSR count). The lowest BCUT2D eigenvalue weighted by Crippen LogP contribution is -2.43. The van der Waals surface area contributed by atoms with Crippen LogP contribution in [-0.4, -0.2) is 18.1 Å². The monoisotopic (exact) mass is 258 g/mol. The van der Waals surface area contributed by atoms with Gasteiger partial charge in [-0.05, 0) is 38.3 Å². The van der Waals surface area contributed by atoms with Crippen molar-refractivity contribution in [1.29, 1.82) is 0 Å². The molecule has 1 unspecified atom stereocenters. The summed E-state index contributed by atoms with van der Waals surface area (Å²) in [4.78, 5) is 2.65. The van der Waals surface area contributed by atoms with Gasteiger partial charge in [0.15, 0.2) is 0 Å². The van der Waals surface area contributed by atoms with Crippen LogP contribution in [0.1, 0.15) is 57.4 Å². The van der Waals surface area contributed by atoms with Gasteiger partial charge >= 0.3 is 0 Å². The van der Waals surface area contributed by atoms with Gasteiger partial charge in [0.2, 0.25) is 0 Å². The molecule has 1 fully saturated rings. The minimum absolute atomic E-state index is 0.139. The maximum absolute atomic E-state index is 6.42. The second kappa shape index (κ2) is 4.82. The molecule has 0 spiro atoms. The Morgan fingerprint density at radius 3 is 2.47 bits per heavy atom. The van der Waals surface area contributed by atoms with E-state index in [9.17, 15) is 0 Å². The van der Waals surface area contributed by atoms with Gasteiger partial charge in [0.05, 0.1) is 0 Å². The molecule has 1 aliphatic heterocycles. The van der Waals surface area contributed by atoms with E-state index in [-0.39, 0.29) is 5.54 Å². The molecule has 1 heterocycles. The Kier molecular flexibility index (Phi) is 3.30. The fraction of sp³-hybridized carbons (Fsp3) is 0.647. The number of hydrogen-bond donors (Lipinski definition) is 1. The zero-order valence-electron chi connectivity index (χ0n) is 12.2. The number of rotatable bonds is 2. The van der Waals surface area contributed by atoms with Crippen LogP contribution in [0.4, 0.5) is 5.69 Å². The van der Waals surface area contributed by atoms with E-state index in [0.717, 1.165) is 12.6 Å². The molecule has 0 aromatic heterocycles. The Morgan fingerprint density at radius 2 is 1.79 bits per heavy atom. The summed E-state index contributed by atoms with van der Waals surface area (Å²) in [5, 5.41) is 0. The largest absolute Gasteiger partial charge is 0.368 e. The van der Waals surface area contributed by atoms with Gasteiger partial charge < -0.3 is 10.6 Å². The molecule has 1 atom stereocenters. The summed E-state index contributed by atoms with van der Waals surface area (Å²) >= 11 is 0. The molecule has 2 aliphatic rings. The summed E-state index contributed by atoms with van der Waals surface area (Å²) in [5.41, 5.74) is 9.18. The van der Waals surface area contributed by atoms with Crippen molar-refractivity contribution in [2.75, 3.05) is 11.4 Å². The molecule has 1 aromatic carbocycles. The topological polar surface area (TPSA) is 29.3 Å². The van der Waals surface area contributed by atoms with E-state index in [0.29, 0.717) is 5.92 Å². The SMILES string of the molecule is CC(C)(N)C1CN(C2CCCCC2)c2ccccc21. The molecule has 0 bridgehead atoms. The van der Waals surface area contributed by atoms with E-state index in [4.69, 9.17) is 5.73 Å². The lowest BCUT2D eigenvalue weighted by Gasteiger charge is -2.35. The molecule has 19 heavy (non-hydrogen) atoms. The highest BCUT2D eigenvalue weighted by atomic mass is 15.2. The molecule has 1 saturated carbocycles. The van der Waals surface area contributed by atoms with Gasteiger partial charge in [0.25, 0.3) is 0 Å². The highest BCUT2D eigenvalue weighted by Crippen LogP contribution is 2.43. The molecule has 1 aliphatic carbocycles. The number of nitrogens with zero attached hydrogens (tertiary/aromatic N) is 1. The van der Waals surface area contributed by atoms with E-state index in [1.54, 1.807) is 0 Å². The standard InChI is InChI=1S/C17H26N2/c1-17(2,18)15-12-19(13-8-4-3-5-9-13)16-11-7-6-10-14(15)16/h6-7,10-11,13,15H,3-5,8-9,12,18H2,1-2H3. The molecule has 0 amide bonds. The van der Waals surface area contributed by atoms with Gasteiger partial charge in [-0.25, -0.2) is 0 Å². The Morgan fingerprint density at radius 1 is 1.11 bits per heavy atom. The van der Waals surface area contributed by atoms with Crippen molar-refractivity contribution in [1.82, 2.24) is 0 Å². The summed E-state index contributed by atoms with van der Waals surface area (Å²) in [5.74, 6) is 0.464. The van der Waals surface area contributed by atoms with E-state index in [1.165, 1.54) is 43.4 Å². The minimum atomic E-state index is -0.139. The van der Waals surface area contributed by atoms with E-state index < -0.39 is 0 Å². The third-order valence-electron chi connectivity index (χ3n) is 4.91. The van der Waals surface area contributed by atoms with Crippen LogP contribution in [0.25, 0.3) is 0 Å². The molecule has 0 saturated heterocycles. The number of para-hydroxylation sites is 1. The Balaban J connectivity index is 1.92. The highest BCUT2D eigenvalue weighted by Gasteiger charge is 2.38. The number of hydrogen-bond acceptors (Lipinski definition) is 2. The van der Waals surface area contributed by atoms with Crippen LogP contribution in [0.15, 0.2) is 24.3 Å². The van der Waals surface area contributed by atoms with Crippen molar-refractivity contribution < 1.29 is 0 Å². The maximum atomic E-state index is 6.42. The molecular formula is C17H26N2. The van der Waals surface area contributed by atoms with E-state index in [1.807, 2.05) is 0 Å². The number of benzene rings is 1. The second-order valence-electron chi connectivity index (χ2n) is 6.88. The first-order valence-electron chi connectivity index (χ1n) is 7.72. The molecular weight excluding hydrogens is 232 g/mol. The predicted molar refractivity (Wildman–Crippen MR) is 81.7 cm³/mol. The number of anilines is 1. The minimum Gasteiger partial charge on any atom is -0.368 e. The van der Waals surface area contributed by atoms with E-state index >= 15 is 0 Å². The van der Waals surface area contributed by atoms with Crippen LogP contribution in [-0.2, 0) is 0 Å². The predicted octanol–water partition coefficient (Wildman–Crippen LogP) is 3.66. The van der Waals surface area contributed by atoms with Crippen molar-refractivity contribution >= 4 is 5.69 Å². The van der Waals surface area contributed by atoms with Crippen molar-refractivity contribution in [2.24, 2.45) is 5.73 Å². The lowest BCUT2D eigenvalue weighted by atomic mass is 9.84. The Labute approximate surface area is 117 Å². The zero-order chi connectivity index (χ0) is 13.5. The summed E-state index contributed by atoms with van der Waals surface area (Å²) in [6, 6.07) is 9.62. The average molecular weight is 258 g/mol. The van der Waals surface area contributed by atoms with Gasteiger partial charge in [-0.2, -0.15) is 0 Å². The zero-order valence-corrected chi connectivity index (χ0v) is 12.2. The average Bonchev–Trinajstić information content (AvgIpc) is 2.79. The first kappa shape index (κ1) is 13.0. The highest BCUT2D eigenvalue weighted by molar-refractivity contribution is 5.62. The van der Waals surface area contributed by atoms with Crippen molar-refractivity contribution in [3.05, 3.63) is 29.8 Å². The Bertz CT molecular complexity index is 441. The molecule has 2 N–H and O–H groups in total. The number of fused-ring (bicyclic) bond motifs is 1.